The van der Waals surface area contributed by atoms with Crippen molar-refractivity contribution in [1.29, 1.82) is 0 Å². The van der Waals surface area contributed by atoms with Crippen molar-refractivity contribution < 1.29 is 9.90 Å². The number of aryl methyl sites for hydroxylation is 1. The molecule has 0 aliphatic carbocycles. The second-order valence-electron chi connectivity index (χ2n) is 3.62. The average Bonchev–Trinajstić information content (AvgIpc) is 2.27. The smallest absolute Gasteiger partial charge is 0.310 e. The number of carboxylic acid groups (broad SMARTS) is 1. The average molecular weight is 256 g/mol. The van der Waals surface area contributed by atoms with Crippen LogP contribution in [-0.4, -0.2) is 23.6 Å². The van der Waals surface area contributed by atoms with Crippen LogP contribution in [0.2, 0.25) is 0 Å². The maximum atomic E-state index is 11.0. The summed E-state index contributed by atoms with van der Waals surface area (Å²) in [6, 6.07) is 4.08. The van der Waals surface area contributed by atoms with Gasteiger partial charge in [0.25, 0.3) is 0 Å². The van der Waals surface area contributed by atoms with Crippen molar-refractivity contribution in [2.24, 2.45) is 0 Å². The van der Waals surface area contributed by atoms with Gasteiger partial charge in [0.05, 0.1) is 5.92 Å². The van der Waals surface area contributed by atoms with Crippen LogP contribution >= 0.6 is 23.5 Å². The molecule has 1 aromatic rings. The molecule has 88 valence electrons. The van der Waals surface area contributed by atoms with Crippen LogP contribution in [0.5, 0.6) is 0 Å². The van der Waals surface area contributed by atoms with Gasteiger partial charge in [-0.2, -0.15) is 0 Å². The molecule has 1 rings (SSSR count). The van der Waals surface area contributed by atoms with E-state index in [1.807, 2.05) is 18.6 Å². The molecule has 0 aromatic heterocycles. The lowest BCUT2D eigenvalue weighted by Gasteiger charge is -2.15. The van der Waals surface area contributed by atoms with Crippen LogP contribution in [0.25, 0.3) is 0 Å². The number of carboxylic acids is 1. The third kappa shape index (κ3) is 2.74. The molecule has 1 aromatic carbocycles. The summed E-state index contributed by atoms with van der Waals surface area (Å²) < 4.78 is 0. The number of hydrogen-bond acceptors (Lipinski definition) is 3. The molecule has 0 aliphatic heterocycles. The molecule has 0 heterocycles. The van der Waals surface area contributed by atoms with Gasteiger partial charge >= 0.3 is 5.97 Å². The van der Waals surface area contributed by atoms with Gasteiger partial charge in [-0.15, -0.1) is 23.5 Å². The standard InChI is InChI=1S/C12H16O2S2/c1-7-5-11(16-4)9(6-10(7)15-3)8(2)12(13)14/h5-6,8H,1-4H3,(H,13,14). The molecule has 2 nitrogen and oxygen atoms in total. The Kier molecular flexibility index (Phi) is 4.74. The number of carbonyl (C=O) groups is 1. The Morgan fingerprint density at radius 1 is 1.25 bits per heavy atom. The van der Waals surface area contributed by atoms with E-state index in [-0.39, 0.29) is 0 Å². The Labute approximate surface area is 105 Å². The fourth-order valence-corrected chi connectivity index (χ4v) is 2.94. The molecule has 4 heteroatoms. The Morgan fingerprint density at radius 3 is 2.25 bits per heavy atom. The summed E-state index contributed by atoms with van der Waals surface area (Å²) in [5.41, 5.74) is 2.12. The normalized spacial score (nSPS) is 12.5. The van der Waals surface area contributed by atoms with E-state index in [1.54, 1.807) is 30.4 Å². The molecule has 0 aliphatic rings. The van der Waals surface area contributed by atoms with Crippen LogP contribution in [0.3, 0.4) is 0 Å². The van der Waals surface area contributed by atoms with Gasteiger partial charge in [-0.25, -0.2) is 0 Å². The van der Waals surface area contributed by atoms with E-state index < -0.39 is 11.9 Å². The summed E-state index contributed by atoms with van der Waals surface area (Å²) in [5, 5.41) is 9.07. The quantitative estimate of drug-likeness (QED) is 0.835. The third-order valence-corrected chi connectivity index (χ3v) is 4.26. The molecular weight excluding hydrogens is 240 g/mol. The number of benzene rings is 1. The fourth-order valence-electron chi connectivity index (χ4n) is 1.55. The van der Waals surface area contributed by atoms with Crippen molar-refractivity contribution in [3.8, 4) is 0 Å². The van der Waals surface area contributed by atoms with Gasteiger partial charge in [0.15, 0.2) is 0 Å². The Hall–Kier alpha value is -0.610. The van der Waals surface area contributed by atoms with Gasteiger partial charge in [-0.1, -0.05) is 0 Å². The van der Waals surface area contributed by atoms with Crippen molar-refractivity contribution in [3.05, 3.63) is 23.3 Å². The lowest BCUT2D eigenvalue weighted by molar-refractivity contribution is -0.138. The second kappa shape index (κ2) is 5.64. The summed E-state index contributed by atoms with van der Waals surface area (Å²) in [5.74, 6) is -1.22. The van der Waals surface area contributed by atoms with Crippen LogP contribution in [0.4, 0.5) is 0 Å². The first-order valence-electron chi connectivity index (χ1n) is 4.96. The van der Waals surface area contributed by atoms with Crippen LogP contribution in [0.15, 0.2) is 21.9 Å². The molecule has 0 bridgehead atoms. The van der Waals surface area contributed by atoms with E-state index >= 15 is 0 Å². The van der Waals surface area contributed by atoms with Crippen LogP contribution < -0.4 is 0 Å². The summed E-state index contributed by atoms with van der Waals surface area (Å²) in [6.45, 7) is 3.79. The minimum atomic E-state index is -0.772. The van der Waals surface area contributed by atoms with Gasteiger partial charge in [0.1, 0.15) is 0 Å². The molecule has 1 N–H and O–H groups in total. The molecule has 0 saturated carbocycles. The molecule has 0 radical (unpaired) electrons. The molecular formula is C12H16O2S2. The summed E-state index contributed by atoms with van der Waals surface area (Å²) >= 11 is 3.26. The predicted molar refractivity (Wildman–Crippen MR) is 70.8 cm³/mol. The molecule has 0 amide bonds. The summed E-state index contributed by atoms with van der Waals surface area (Å²) in [4.78, 5) is 13.3. The largest absolute Gasteiger partial charge is 0.481 e. The van der Waals surface area contributed by atoms with E-state index in [1.165, 1.54) is 5.56 Å². The molecule has 1 unspecified atom stereocenters. The summed E-state index contributed by atoms with van der Waals surface area (Å²) in [6.07, 6.45) is 3.99. The highest BCUT2D eigenvalue weighted by Crippen LogP contribution is 2.33. The Bertz CT molecular complexity index is 402. The first-order chi connectivity index (χ1) is 7.51. The highest BCUT2D eigenvalue weighted by molar-refractivity contribution is 7.99. The zero-order valence-electron chi connectivity index (χ0n) is 9.90. The zero-order valence-corrected chi connectivity index (χ0v) is 11.5. The molecule has 16 heavy (non-hydrogen) atoms. The lowest BCUT2D eigenvalue weighted by Crippen LogP contribution is -2.09. The zero-order chi connectivity index (χ0) is 12.3. The van der Waals surface area contributed by atoms with Crippen molar-refractivity contribution in [2.45, 2.75) is 29.6 Å². The Morgan fingerprint density at radius 2 is 1.81 bits per heavy atom. The molecule has 1 atom stereocenters. The maximum absolute atomic E-state index is 11.0. The van der Waals surface area contributed by atoms with Crippen molar-refractivity contribution in [2.75, 3.05) is 12.5 Å². The van der Waals surface area contributed by atoms with Gasteiger partial charge in [0, 0.05) is 9.79 Å². The van der Waals surface area contributed by atoms with Crippen LogP contribution in [-0.2, 0) is 4.79 Å². The molecule has 0 saturated heterocycles. The number of rotatable bonds is 4. The van der Waals surface area contributed by atoms with Crippen LogP contribution in [0, 0.1) is 6.92 Å². The maximum Gasteiger partial charge on any atom is 0.310 e. The number of aliphatic carboxylic acids is 1. The summed E-state index contributed by atoms with van der Waals surface area (Å²) in [7, 11) is 0. The van der Waals surface area contributed by atoms with E-state index in [2.05, 4.69) is 13.0 Å². The first kappa shape index (κ1) is 13.5. The minimum Gasteiger partial charge on any atom is -0.481 e. The van der Waals surface area contributed by atoms with Gasteiger partial charge in [-0.05, 0) is 49.6 Å². The SMILES string of the molecule is CSc1cc(C(C)C(=O)O)c(SC)cc1C. The number of hydrogen-bond donors (Lipinski definition) is 1. The minimum absolute atomic E-state index is 0.450. The van der Waals surface area contributed by atoms with Crippen LogP contribution in [0.1, 0.15) is 24.0 Å². The first-order valence-corrected chi connectivity index (χ1v) is 7.41. The third-order valence-electron chi connectivity index (χ3n) is 2.58. The molecule has 0 fully saturated rings. The van der Waals surface area contributed by atoms with E-state index in [0.29, 0.717) is 0 Å². The second-order valence-corrected chi connectivity index (χ2v) is 5.32. The fraction of sp³-hybridized carbons (Fsp3) is 0.417. The number of thioether (sulfide) groups is 2. The van der Waals surface area contributed by atoms with Gasteiger partial charge < -0.3 is 5.11 Å². The highest BCUT2D eigenvalue weighted by atomic mass is 32.2. The Balaban J connectivity index is 3.29. The monoisotopic (exact) mass is 256 g/mol. The van der Waals surface area contributed by atoms with E-state index in [9.17, 15) is 4.79 Å². The predicted octanol–water partition coefficient (Wildman–Crippen LogP) is 3.63. The highest BCUT2D eigenvalue weighted by Gasteiger charge is 2.18. The van der Waals surface area contributed by atoms with Gasteiger partial charge in [0.2, 0.25) is 0 Å². The van der Waals surface area contributed by atoms with Crippen molar-refractivity contribution >= 4 is 29.5 Å². The van der Waals surface area contributed by atoms with Crippen molar-refractivity contribution in [1.82, 2.24) is 0 Å². The van der Waals surface area contributed by atoms with Crippen molar-refractivity contribution in [3.63, 3.8) is 0 Å². The van der Waals surface area contributed by atoms with E-state index in [4.69, 9.17) is 5.11 Å². The lowest BCUT2D eigenvalue weighted by atomic mass is 10.00. The van der Waals surface area contributed by atoms with Gasteiger partial charge in [-0.3, -0.25) is 4.79 Å². The van der Waals surface area contributed by atoms with E-state index in [0.717, 1.165) is 15.4 Å². The topological polar surface area (TPSA) is 37.3 Å². The molecule has 0 spiro atoms.